The summed E-state index contributed by atoms with van der Waals surface area (Å²) in [5.41, 5.74) is 2.75. The fourth-order valence-corrected chi connectivity index (χ4v) is 3.55. The summed E-state index contributed by atoms with van der Waals surface area (Å²) in [6, 6.07) is 21.1. The molecule has 0 saturated carbocycles. The van der Waals surface area contributed by atoms with Gasteiger partial charge in [-0.3, -0.25) is 19.2 Å². The first kappa shape index (κ1) is 25.2. The van der Waals surface area contributed by atoms with Gasteiger partial charge < -0.3 is 15.4 Å². The zero-order chi connectivity index (χ0) is 26.2. The molecule has 188 valence electrons. The third kappa shape index (κ3) is 6.63. The Bertz CT molecular complexity index is 1500. The number of nitrogens with zero attached hydrogens (tertiary/aromatic N) is 3. The molecule has 0 bridgehead atoms. The Morgan fingerprint density at radius 1 is 0.946 bits per heavy atom. The molecular formula is C27H25N5O5. The van der Waals surface area contributed by atoms with Gasteiger partial charge >= 0.3 is 5.97 Å². The zero-order valence-electron chi connectivity index (χ0n) is 20.1. The van der Waals surface area contributed by atoms with Crippen LogP contribution in [0.3, 0.4) is 0 Å². The van der Waals surface area contributed by atoms with Gasteiger partial charge in [0.25, 0.3) is 17.4 Å². The van der Waals surface area contributed by atoms with Gasteiger partial charge in [0.05, 0.1) is 29.6 Å². The lowest BCUT2D eigenvalue weighted by atomic mass is 10.1. The molecule has 0 radical (unpaired) electrons. The molecule has 0 fully saturated rings. The van der Waals surface area contributed by atoms with Gasteiger partial charge in [-0.1, -0.05) is 59.3 Å². The Morgan fingerprint density at radius 3 is 2.49 bits per heavy atom. The van der Waals surface area contributed by atoms with Gasteiger partial charge in [-0.15, -0.1) is 5.10 Å². The molecule has 0 unspecified atom stereocenters. The number of benzene rings is 3. The van der Waals surface area contributed by atoms with Crippen LogP contribution in [0.15, 0.2) is 77.6 Å². The third-order valence-electron chi connectivity index (χ3n) is 5.54. The Kier molecular flexibility index (Phi) is 7.99. The number of esters is 1. The van der Waals surface area contributed by atoms with Crippen LogP contribution < -0.4 is 16.2 Å². The van der Waals surface area contributed by atoms with Crippen molar-refractivity contribution in [2.75, 3.05) is 11.9 Å². The van der Waals surface area contributed by atoms with Crippen molar-refractivity contribution in [2.45, 2.75) is 26.4 Å². The van der Waals surface area contributed by atoms with Crippen molar-refractivity contribution in [1.82, 2.24) is 20.3 Å². The number of para-hydroxylation sites is 1. The van der Waals surface area contributed by atoms with Crippen LogP contribution in [-0.4, -0.2) is 39.4 Å². The minimum atomic E-state index is -0.680. The summed E-state index contributed by atoms with van der Waals surface area (Å²) in [5, 5.41) is 13.6. The van der Waals surface area contributed by atoms with Gasteiger partial charge in [0.15, 0.2) is 6.61 Å². The highest BCUT2D eigenvalue weighted by Gasteiger charge is 2.15. The van der Waals surface area contributed by atoms with Crippen molar-refractivity contribution >= 4 is 34.4 Å². The smallest absolute Gasteiger partial charge is 0.308 e. The van der Waals surface area contributed by atoms with Crippen LogP contribution >= 0.6 is 0 Å². The van der Waals surface area contributed by atoms with Gasteiger partial charge in [-0.2, -0.15) is 0 Å². The first-order valence-electron chi connectivity index (χ1n) is 11.6. The van der Waals surface area contributed by atoms with Crippen molar-refractivity contribution in [2.24, 2.45) is 0 Å². The number of fused-ring (bicyclic) bond motifs is 1. The van der Waals surface area contributed by atoms with Crippen LogP contribution in [0.25, 0.3) is 10.9 Å². The monoisotopic (exact) mass is 499 g/mol. The number of anilines is 1. The SMILES string of the molecule is Cc1ccc(CNC(=O)c2ccccc2NC(=O)COC(=O)CCn2nnc3ccccc3c2=O)cc1. The summed E-state index contributed by atoms with van der Waals surface area (Å²) in [6.45, 7) is 1.74. The molecule has 4 rings (SSSR count). The van der Waals surface area contributed by atoms with E-state index in [1.165, 1.54) is 0 Å². The third-order valence-corrected chi connectivity index (χ3v) is 5.54. The number of aromatic nitrogens is 3. The molecule has 4 aromatic rings. The summed E-state index contributed by atoms with van der Waals surface area (Å²) >= 11 is 0. The average Bonchev–Trinajstić information content (AvgIpc) is 2.91. The number of carbonyl (C=O) groups is 3. The van der Waals surface area contributed by atoms with Crippen molar-refractivity contribution in [3.63, 3.8) is 0 Å². The fourth-order valence-electron chi connectivity index (χ4n) is 3.55. The van der Waals surface area contributed by atoms with E-state index in [0.29, 0.717) is 23.1 Å². The highest BCUT2D eigenvalue weighted by molar-refractivity contribution is 6.04. The van der Waals surface area contributed by atoms with Crippen molar-refractivity contribution in [3.8, 4) is 0 Å². The molecule has 0 atom stereocenters. The second kappa shape index (κ2) is 11.7. The Hall–Kier alpha value is -4.86. The van der Waals surface area contributed by atoms with E-state index in [2.05, 4.69) is 20.9 Å². The second-order valence-corrected chi connectivity index (χ2v) is 8.31. The molecule has 37 heavy (non-hydrogen) atoms. The second-order valence-electron chi connectivity index (χ2n) is 8.31. The van der Waals surface area contributed by atoms with Crippen molar-refractivity contribution in [1.29, 1.82) is 0 Å². The number of amides is 2. The Balaban J connectivity index is 1.28. The minimum absolute atomic E-state index is 0.0406. The molecule has 2 N–H and O–H groups in total. The van der Waals surface area contributed by atoms with Crippen LogP contribution in [0.1, 0.15) is 27.9 Å². The topological polar surface area (TPSA) is 132 Å². The molecule has 0 spiro atoms. The maximum absolute atomic E-state index is 12.7. The van der Waals surface area contributed by atoms with E-state index in [9.17, 15) is 19.2 Å². The molecule has 1 heterocycles. The number of hydrogen-bond donors (Lipinski definition) is 2. The molecule has 0 aliphatic carbocycles. The number of hydrogen-bond acceptors (Lipinski definition) is 7. The van der Waals surface area contributed by atoms with Crippen LogP contribution in [0.5, 0.6) is 0 Å². The molecule has 2 amide bonds. The van der Waals surface area contributed by atoms with Gasteiger partial charge in [0.2, 0.25) is 0 Å². The van der Waals surface area contributed by atoms with Crippen LogP contribution in [0.4, 0.5) is 5.69 Å². The molecule has 3 aromatic carbocycles. The predicted molar refractivity (Wildman–Crippen MR) is 137 cm³/mol. The first-order chi connectivity index (χ1) is 17.9. The maximum Gasteiger partial charge on any atom is 0.308 e. The summed E-state index contributed by atoms with van der Waals surface area (Å²) < 4.78 is 6.10. The highest BCUT2D eigenvalue weighted by Crippen LogP contribution is 2.15. The number of nitrogens with one attached hydrogen (secondary N) is 2. The molecule has 0 aliphatic rings. The van der Waals surface area contributed by atoms with Crippen LogP contribution in [0, 0.1) is 6.92 Å². The van der Waals surface area contributed by atoms with Gasteiger partial charge in [-0.25, -0.2) is 4.68 Å². The predicted octanol–water partition coefficient (Wildman–Crippen LogP) is 2.60. The van der Waals surface area contributed by atoms with Crippen LogP contribution in [0.2, 0.25) is 0 Å². The Labute approximate surface area is 212 Å². The average molecular weight is 500 g/mol. The van der Waals surface area contributed by atoms with Crippen molar-refractivity contribution < 1.29 is 19.1 Å². The van der Waals surface area contributed by atoms with Crippen LogP contribution in [-0.2, 0) is 27.4 Å². The number of aryl methyl sites for hydroxylation is 2. The van der Waals surface area contributed by atoms with E-state index in [-0.39, 0.29) is 30.0 Å². The molecular weight excluding hydrogens is 474 g/mol. The molecule has 10 nitrogen and oxygen atoms in total. The van der Waals surface area contributed by atoms with E-state index >= 15 is 0 Å². The first-order valence-corrected chi connectivity index (χ1v) is 11.6. The molecule has 0 saturated heterocycles. The summed E-state index contributed by atoms with van der Waals surface area (Å²) in [7, 11) is 0. The molecule has 10 heteroatoms. The van der Waals surface area contributed by atoms with Gasteiger partial charge in [-0.05, 0) is 36.8 Å². The summed E-state index contributed by atoms with van der Waals surface area (Å²) in [5.74, 6) is -1.63. The number of carbonyl (C=O) groups excluding carboxylic acids is 3. The summed E-state index contributed by atoms with van der Waals surface area (Å²) in [4.78, 5) is 49.7. The lowest BCUT2D eigenvalue weighted by molar-refractivity contribution is -0.147. The number of ether oxygens (including phenoxy) is 1. The van der Waals surface area contributed by atoms with E-state index in [1.807, 2.05) is 31.2 Å². The summed E-state index contributed by atoms with van der Waals surface area (Å²) in [6.07, 6.45) is -0.168. The van der Waals surface area contributed by atoms with E-state index in [1.54, 1.807) is 48.5 Å². The van der Waals surface area contributed by atoms with Gasteiger partial charge in [0.1, 0.15) is 5.52 Å². The zero-order valence-corrected chi connectivity index (χ0v) is 20.1. The largest absolute Gasteiger partial charge is 0.456 e. The normalized spacial score (nSPS) is 10.6. The lowest BCUT2D eigenvalue weighted by Gasteiger charge is -2.12. The lowest BCUT2D eigenvalue weighted by Crippen LogP contribution is -2.27. The quantitative estimate of drug-likeness (QED) is 0.338. The standard InChI is InChI=1S/C27H25N5O5/c1-18-10-12-19(13-11-18)16-28-26(35)20-6-2-4-8-22(20)29-24(33)17-37-25(34)14-15-32-27(36)21-7-3-5-9-23(21)30-31-32/h2-13H,14-17H2,1H3,(H,28,35)(H,29,33). The highest BCUT2D eigenvalue weighted by atomic mass is 16.5. The van der Waals surface area contributed by atoms with Crippen molar-refractivity contribution in [3.05, 3.63) is 99.8 Å². The van der Waals surface area contributed by atoms with E-state index < -0.39 is 18.5 Å². The maximum atomic E-state index is 12.7. The minimum Gasteiger partial charge on any atom is -0.456 e. The van der Waals surface area contributed by atoms with Gasteiger partial charge in [0, 0.05) is 6.54 Å². The number of rotatable bonds is 9. The fraction of sp³-hybridized carbons (Fsp3) is 0.185. The Morgan fingerprint density at radius 2 is 1.68 bits per heavy atom. The van der Waals surface area contributed by atoms with E-state index in [0.717, 1.165) is 15.8 Å². The molecule has 1 aromatic heterocycles. The van der Waals surface area contributed by atoms with E-state index in [4.69, 9.17) is 4.74 Å². The molecule has 0 aliphatic heterocycles.